The maximum atomic E-state index is 11.8. The molecule has 0 spiro atoms. The molecule has 0 atom stereocenters. The zero-order valence-electron chi connectivity index (χ0n) is 9.40. The van der Waals surface area contributed by atoms with Gasteiger partial charge in [0.1, 0.15) is 0 Å². The number of carbonyl (C=O) groups excluding carboxylic acids is 3. The standard InChI is InChI=1S/C12H11IO4/c1-8(14)12(9(2)15,11(16)17-13)10-6-4-3-5-7-10/h3-7H,1-2H3. The molecule has 0 unspecified atom stereocenters. The first kappa shape index (κ1) is 13.8. The lowest BCUT2D eigenvalue weighted by atomic mass is 9.74. The number of rotatable bonds is 4. The quantitative estimate of drug-likeness (QED) is 0.618. The van der Waals surface area contributed by atoms with Gasteiger partial charge in [0.25, 0.3) is 0 Å². The van der Waals surface area contributed by atoms with Crippen molar-refractivity contribution >= 4 is 40.5 Å². The summed E-state index contributed by atoms with van der Waals surface area (Å²) >= 11 is 1.38. The monoisotopic (exact) mass is 346 g/mol. The Balaban J connectivity index is 3.52. The smallest absolute Gasteiger partial charge is 0.341 e. The van der Waals surface area contributed by atoms with E-state index in [1.165, 1.54) is 36.9 Å². The van der Waals surface area contributed by atoms with Crippen LogP contribution >= 0.6 is 23.0 Å². The lowest BCUT2D eigenvalue weighted by molar-refractivity contribution is -0.148. The van der Waals surface area contributed by atoms with Crippen LogP contribution in [0.5, 0.6) is 0 Å². The van der Waals surface area contributed by atoms with Crippen molar-refractivity contribution in [3.63, 3.8) is 0 Å². The molecule has 0 aromatic heterocycles. The van der Waals surface area contributed by atoms with Gasteiger partial charge in [-0.05, 0) is 19.4 Å². The topological polar surface area (TPSA) is 60.4 Å². The second-order valence-electron chi connectivity index (χ2n) is 3.59. The minimum atomic E-state index is -1.84. The van der Waals surface area contributed by atoms with E-state index in [2.05, 4.69) is 3.07 Å². The van der Waals surface area contributed by atoms with E-state index < -0.39 is 23.0 Å². The summed E-state index contributed by atoms with van der Waals surface area (Å²) in [7, 11) is 0. The fourth-order valence-electron chi connectivity index (χ4n) is 1.81. The molecule has 1 aromatic rings. The van der Waals surface area contributed by atoms with Crippen molar-refractivity contribution in [3.8, 4) is 0 Å². The number of halogens is 1. The molecule has 0 bridgehead atoms. The third-order valence-corrected chi connectivity index (χ3v) is 3.04. The van der Waals surface area contributed by atoms with Gasteiger partial charge in [0.15, 0.2) is 34.6 Å². The van der Waals surface area contributed by atoms with Gasteiger partial charge in [-0.3, -0.25) is 9.59 Å². The Labute approximate surface area is 113 Å². The second kappa shape index (κ2) is 5.39. The summed E-state index contributed by atoms with van der Waals surface area (Å²) in [6.45, 7) is 2.42. The molecule has 0 fully saturated rings. The van der Waals surface area contributed by atoms with Gasteiger partial charge in [0.2, 0.25) is 5.41 Å². The summed E-state index contributed by atoms with van der Waals surface area (Å²) in [6, 6.07) is 8.20. The lowest BCUT2D eigenvalue weighted by Gasteiger charge is -2.25. The first-order valence-corrected chi connectivity index (χ1v) is 5.76. The maximum Gasteiger partial charge on any atom is 0.341 e. The first-order valence-electron chi connectivity index (χ1n) is 4.88. The van der Waals surface area contributed by atoms with Gasteiger partial charge >= 0.3 is 5.97 Å². The molecule has 1 rings (SSSR count). The summed E-state index contributed by atoms with van der Waals surface area (Å²) in [5, 5.41) is 0. The molecular weight excluding hydrogens is 335 g/mol. The SMILES string of the molecule is CC(=O)C(C(C)=O)(C(=O)OI)c1ccccc1. The molecule has 0 aliphatic rings. The Morgan fingerprint density at radius 2 is 1.53 bits per heavy atom. The van der Waals surface area contributed by atoms with Crippen LogP contribution in [-0.2, 0) is 22.9 Å². The predicted molar refractivity (Wildman–Crippen MR) is 69.6 cm³/mol. The van der Waals surface area contributed by atoms with E-state index in [1.54, 1.807) is 30.3 Å². The van der Waals surface area contributed by atoms with E-state index in [0.717, 1.165) is 0 Å². The summed E-state index contributed by atoms with van der Waals surface area (Å²) in [6.07, 6.45) is 0. The van der Waals surface area contributed by atoms with Gasteiger partial charge in [-0.2, -0.15) is 0 Å². The van der Waals surface area contributed by atoms with E-state index in [9.17, 15) is 14.4 Å². The first-order chi connectivity index (χ1) is 7.97. The van der Waals surface area contributed by atoms with E-state index in [4.69, 9.17) is 0 Å². The molecule has 0 N–H and O–H groups in total. The van der Waals surface area contributed by atoms with Crippen LogP contribution in [-0.4, -0.2) is 17.5 Å². The number of hydrogen-bond acceptors (Lipinski definition) is 4. The van der Waals surface area contributed by atoms with Crippen LogP contribution in [0.3, 0.4) is 0 Å². The molecule has 0 saturated heterocycles. The van der Waals surface area contributed by atoms with Gasteiger partial charge in [-0.25, -0.2) is 4.79 Å². The molecule has 0 amide bonds. The number of Topliss-reactive ketones (excluding diaryl/α,β-unsaturated/α-hetero) is 2. The van der Waals surface area contributed by atoms with Gasteiger partial charge < -0.3 is 3.07 Å². The normalized spacial score (nSPS) is 10.8. The van der Waals surface area contributed by atoms with Crippen molar-refractivity contribution in [2.45, 2.75) is 19.3 Å². The molecule has 4 nitrogen and oxygen atoms in total. The van der Waals surface area contributed by atoms with E-state index in [-0.39, 0.29) is 0 Å². The van der Waals surface area contributed by atoms with Gasteiger partial charge in [-0.1, -0.05) is 30.3 Å². The number of benzene rings is 1. The molecule has 1 aromatic carbocycles. The van der Waals surface area contributed by atoms with Crippen LogP contribution in [0.15, 0.2) is 30.3 Å². The fraction of sp³-hybridized carbons (Fsp3) is 0.250. The minimum absolute atomic E-state index is 0.335. The molecule has 0 aliphatic carbocycles. The van der Waals surface area contributed by atoms with Gasteiger partial charge in [0, 0.05) is 0 Å². The molecule has 0 heterocycles. The van der Waals surface area contributed by atoms with Crippen molar-refractivity contribution in [2.75, 3.05) is 0 Å². The Hall–Kier alpha value is -1.24. The molecule has 5 heteroatoms. The highest BCUT2D eigenvalue weighted by Gasteiger charge is 2.51. The van der Waals surface area contributed by atoms with Crippen LogP contribution in [0.25, 0.3) is 0 Å². The highest BCUT2D eigenvalue weighted by molar-refractivity contribution is 14.1. The van der Waals surface area contributed by atoms with Crippen LogP contribution in [0, 0.1) is 0 Å². The molecule has 17 heavy (non-hydrogen) atoms. The van der Waals surface area contributed by atoms with Crippen molar-refractivity contribution in [1.29, 1.82) is 0 Å². The van der Waals surface area contributed by atoms with Crippen LogP contribution < -0.4 is 0 Å². The van der Waals surface area contributed by atoms with E-state index in [0.29, 0.717) is 5.56 Å². The van der Waals surface area contributed by atoms with Crippen LogP contribution in [0.1, 0.15) is 19.4 Å². The van der Waals surface area contributed by atoms with Crippen LogP contribution in [0.2, 0.25) is 0 Å². The Morgan fingerprint density at radius 1 is 1.06 bits per heavy atom. The Kier molecular flexibility index (Phi) is 4.39. The molecule has 0 saturated carbocycles. The zero-order chi connectivity index (χ0) is 13.1. The van der Waals surface area contributed by atoms with Crippen molar-refractivity contribution in [3.05, 3.63) is 35.9 Å². The average molecular weight is 346 g/mol. The highest BCUT2D eigenvalue weighted by Crippen LogP contribution is 2.29. The molecule has 90 valence electrons. The molecule has 0 radical (unpaired) electrons. The summed E-state index contributed by atoms with van der Waals surface area (Å²) in [5.41, 5.74) is -1.51. The fourth-order valence-corrected chi connectivity index (χ4v) is 2.14. The van der Waals surface area contributed by atoms with Gasteiger partial charge in [0.05, 0.1) is 0 Å². The average Bonchev–Trinajstić information content (AvgIpc) is 2.30. The third kappa shape index (κ3) is 2.24. The van der Waals surface area contributed by atoms with Crippen molar-refractivity contribution < 1.29 is 17.4 Å². The molecule has 0 aliphatic heterocycles. The number of hydrogen-bond donors (Lipinski definition) is 0. The summed E-state index contributed by atoms with van der Waals surface area (Å²) < 4.78 is 4.58. The third-order valence-electron chi connectivity index (χ3n) is 2.64. The van der Waals surface area contributed by atoms with Crippen LogP contribution in [0.4, 0.5) is 0 Å². The predicted octanol–water partition coefficient (Wildman–Crippen LogP) is 2.00. The van der Waals surface area contributed by atoms with E-state index in [1.807, 2.05) is 0 Å². The van der Waals surface area contributed by atoms with Crippen molar-refractivity contribution in [2.24, 2.45) is 0 Å². The zero-order valence-corrected chi connectivity index (χ0v) is 11.6. The highest BCUT2D eigenvalue weighted by atomic mass is 127. The van der Waals surface area contributed by atoms with Gasteiger partial charge in [-0.15, -0.1) is 0 Å². The lowest BCUT2D eigenvalue weighted by Crippen LogP contribution is -2.48. The number of ketones is 2. The second-order valence-corrected chi connectivity index (χ2v) is 4.03. The molecular formula is C12H11IO4. The summed E-state index contributed by atoms with van der Waals surface area (Å²) in [5.74, 6) is -1.94. The van der Waals surface area contributed by atoms with Crippen molar-refractivity contribution in [1.82, 2.24) is 0 Å². The van der Waals surface area contributed by atoms with E-state index >= 15 is 0 Å². The minimum Gasteiger partial charge on any atom is -0.393 e. The number of carbonyl (C=O) groups is 3. The maximum absolute atomic E-state index is 11.8. The Morgan fingerprint density at radius 3 is 1.88 bits per heavy atom. The Bertz CT molecular complexity index is 439. The largest absolute Gasteiger partial charge is 0.393 e. The summed E-state index contributed by atoms with van der Waals surface area (Å²) in [4.78, 5) is 35.4.